The van der Waals surface area contributed by atoms with E-state index in [-0.39, 0.29) is 6.10 Å². The summed E-state index contributed by atoms with van der Waals surface area (Å²) in [6.45, 7) is 5.38. The highest BCUT2D eigenvalue weighted by molar-refractivity contribution is 5.40. The first-order chi connectivity index (χ1) is 7.38. The molecule has 16 heavy (non-hydrogen) atoms. The van der Waals surface area contributed by atoms with Crippen molar-refractivity contribution in [2.75, 3.05) is 0 Å². The second-order valence-electron chi connectivity index (χ2n) is 5.05. The summed E-state index contributed by atoms with van der Waals surface area (Å²) in [6.07, 6.45) is -0.488. The van der Waals surface area contributed by atoms with Crippen LogP contribution in [0.3, 0.4) is 0 Å². The summed E-state index contributed by atoms with van der Waals surface area (Å²) < 4.78 is 5.71. The predicted octanol–water partition coefficient (Wildman–Crippen LogP) is 1.95. The van der Waals surface area contributed by atoms with Crippen molar-refractivity contribution < 1.29 is 14.9 Å². The van der Waals surface area contributed by atoms with Gasteiger partial charge in [0, 0.05) is 12.0 Å². The molecule has 2 rings (SSSR count). The Morgan fingerprint density at radius 1 is 1.38 bits per heavy atom. The van der Waals surface area contributed by atoms with E-state index in [1.165, 1.54) is 0 Å². The lowest BCUT2D eigenvalue weighted by atomic mass is 9.90. The number of hydrogen-bond acceptors (Lipinski definition) is 3. The summed E-state index contributed by atoms with van der Waals surface area (Å²) in [5.74, 6) is 0.677. The zero-order valence-electron chi connectivity index (χ0n) is 9.90. The zero-order chi connectivity index (χ0) is 11.9. The molecule has 0 amide bonds. The maximum atomic E-state index is 10.0. The van der Waals surface area contributed by atoms with Crippen LogP contribution in [0.25, 0.3) is 0 Å². The number of fused-ring (bicyclic) bond motifs is 1. The van der Waals surface area contributed by atoms with E-state index in [1.54, 1.807) is 13.8 Å². The monoisotopic (exact) mass is 222 g/mol. The van der Waals surface area contributed by atoms with Crippen LogP contribution in [0.15, 0.2) is 18.2 Å². The molecule has 0 fully saturated rings. The minimum absolute atomic E-state index is 0.363. The third kappa shape index (κ3) is 2.06. The third-order valence-corrected chi connectivity index (χ3v) is 3.02. The molecular formula is C13H18O3. The van der Waals surface area contributed by atoms with Gasteiger partial charge in [0.15, 0.2) is 0 Å². The van der Waals surface area contributed by atoms with Crippen molar-refractivity contribution in [2.24, 2.45) is 0 Å². The van der Waals surface area contributed by atoms with Gasteiger partial charge in [-0.25, -0.2) is 0 Å². The molecular weight excluding hydrogens is 204 g/mol. The fraction of sp³-hybridized carbons (Fsp3) is 0.538. The number of aryl methyl sites for hydroxylation is 1. The second kappa shape index (κ2) is 3.75. The molecule has 0 aliphatic carbocycles. The molecule has 3 heteroatoms. The Bertz CT molecular complexity index is 393. The number of rotatable bonds is 1. The Balaban J connectivity index is 2.34. The van der Waals surface area contributed by atoms with Crippen LogP contribution in [0.4, 0.5) is 0 Å². The Kier molecular flexibility index (Phi) is 2.68. The molecule has 1 heterocycles. The molecule has 2 N–H and O–H groups in total. The van der Waals surface area contributed by atoms with Gasteiger partial charge >= 0.3 is 0 Å². The number of aliphatic hydroxyl groups excluding tert-OH is 1. The van der Waals surface area contributed by atoms with Crippen LogP contribution in [-0.4, -0.2) is 21.9 Å². The van der Waals surface area contributed by atoms with Gasteiger partial charge in [0.1, 0.15) is 11.9 Å². The maximum Gasteiger partial charge on any atom is 0.130 e. The number of aliphatic hydroxyl groups is 2. The van der Waals surface area contributed by atoms with Gasteiger partial charge in [0.05, 0.1) is 11.7 Å². The quantitative estimate of drug-likeness (QED) is 0.763. The lowest BCUT2D eigenvalue weighted by Crippen LogP contribution is -2.43. The summed E-state index contributed by atoms with van der Waals surface area (Å²) in [5, 5.41) is 19.9. The molecule has 3 nitrogen and oxygen atoms in total. The van der Waals surface area contributed by atoms with Crippen molar-refractivity contribution in [1.29, 1.82) is 0 Å². The van der Waals surface area contributed by atoms with Crippen molar-refractivity contribution in [3.8, 4) is 5.75 Å². The van der Waals surface area contributed by atoms with Crippen molar-refractivity contribution in [1.82, 2.24) is 0 Å². The van der Waals surface area contributed by atoms with Crippen LogP contribution in [0.2, 0.25) is 0 Å². The molecule has 88 valence electrons. The predicted molar refractivity (Wildman–Crippen MR) is 61.5 cm³/mol. The molecule has 0 saturated carbocycles. The highest BCUT2D eigenvalue weighted by atomic mass is 16.5. The molecule has 0 spiro atoms. The molecule has 2 atom stereocenters. The van der Waals surface area contributed by atoms with Crippen LogP contribution in [-0.2, 0) is 0 Å². The Morgan fingerprint density at radius 3 is 2.69 bits per heavy atom. The molecule has 1 aromatic carbocycles. The van der Waals surface area contributed by atoms with E-state index in [2.05, 4.69) is 0 Å². The lowest BCUT2D eigenvalue weighted by Gasteiger charge is -2.36. The average Bonchev–Trinajstić information content (AvgIpc) is 2.17. The summed E-state index contributed by atoms with van der Waals surface area (Å²) in [4.78, 5) is 0. The molecule has 0 saturated heterocycles. The fourth-order valence-electron chi connectivity index (χ4n) is 2.00. The van der Waals surface area contributed by atoms with Crippen molar-refractivity contribution in [3.05, 3.63) is 29.3 Å². The maximum absolute atomic E-state index is 10.0. The van der Waals surface area contributed by atoms with Gasteiger partial charge in [-0.1, -0.05) is 11.6 Å². The van der Waals surface area contributed by atoms with E-state index in [9.17, 15) is 10.2 Å². The molecule has 2 unspecified atom stereocenters. The van der Waals surface area contributed by atoms with Gasteiger partial charge in [-0.2, -0.15) is 0 Å². The molecule has 1 aromatic rings. The zero-order valence-corrected chi connectivity index (χ0v) is 9.90. The number of ether oxygens (including phenoxy) is 1. The SMILES string of the molecule is Cc1ccc2c(c1)C(O)CC(C(C)(C)O)O2. The van der Waals surface area contributed by atoms with Gasteiger partial charge < -0.3 is 14.9 Å². The number of benzene rings is 1. The standard InChI is InChI=1S/C13H18O3/c1-8-4-5-11-9(6-8)10(14)7-12(16-11)13(2,3)15/h4-6,10,12,14-15H,7H2,1-3H3. The Labute approximate surface area is 95.7 Å². The summed E-state index contributed by atoms with van der Waals surface area (Å²) in [6, 6.07) is 5.73. The molecule has 1 aliphatic heterocycles. The first-order valence-electron chi connectivity index (χ1n) is 5.55. The van der Waals surface area contributed by atoms with Gasteiger partial charge in [0.2, 0.25) is 0 Å². The minimum atomic E-state index is -0.941. The van der Waals surface area contributed by atoms with Gasteiger partial charge in [-0.05, 0) is 32.9 Å². The van der Waals surface area contributed by atoms with Gasteiger partial charge in [-0.15, -0.1) is 0 Å². The van der Waals surface area contributed by atoms with Crippen LogP contribution in [0.5, 0.6) is 5.75 Å². The van der Waals surface area contributed by atoms with Crippen molar-refractivity contribution in [2.45, 2.75) is 45.0 Å². The second-order valence-corrected chi connectivity index (χ2v) is 5.05. The highest BCUT2D eigenvalue weighted by Crippen LogP contribution is 2.38. The Hall–Kier alpha value is -1.06. The summed E-state index contributed by atoms with van der Waals surface area (Å²) in [7, 11) is 0. The smallest absolute Gasteiger partial charge is 0.130 e. The normalized spacial score (nSPS) is 24.8. The van der Waals surface area contributed by atoms with E-state index in [0.29, 0.717) is 12.2 Å². The fourth-order valence-corrected chi connectivity index (χ4v) is 2.00. The minimum Gasteiger partial charge on any atom is -0.487 e. The summed E-state index contributed by atoms with van der Waals surface area (Å²) >= 11 is 0. The Morgan fingerprint density at radius 2 is 2.06 bits per heavy atom. The first-order valence-corrected chi connectivity index (χ1v) is 5.55. The number of hydrogen-bond donors (Lipinski definition) is 2. The largest absolute Gasteiger partial charge is 0.487 e. The van der Waals surface area contributed by atoms with Crippen molar-refractivity contribution >= 4 is 0 Å². The van der Waals surface area contributed by atoms with E-state index < -0.39 is 11.7 Å². The van der Waals surface area contributed by atoms with E-state index in [0.717, 1.165) is 11.1 Å². The van der Waals surface area contributed by atoms with Crippen molar-refractivity contribution in [3.63, 3.8) is 0 Å². The molecule has 0 bridgehead atoms. The lowest BCUT2D eigenvalue weighted by molar-refractivity contribution is -0.0664. The van der Waals surface area contributed by atoms with Gasteiger partial charge in [-0.3, -0.25) is 0 Å². The van der Waals surface area contributed by atoms with Crippen LogP contribution < -0.4 is 4.74 Å². The van der Waals surface area contributed by atoms with Crippen LogP contribution in [0, 0.1) is 6.92 Å². The average molecular weight is 222 g/mol. The van der Waals surface area contributed by atoms with Crippen LogP contribution >= 0.6 is 0 Å². The van der Waals surface area contributed by atoms with Crippen LogP contribution in [0.1, 0.15) is 37.5 Å². The summed E-state index contributed by atoms with van der Waals surface area (Å²) in [5.41, 5.74) is 0.979. The van der Waals surface area contributed by atoms with E-state index >= 15 is 0 Å². The van der Waals surface area contributed by atoms with E-state index in [1.807, 2.05) is 25.1 Å². The molecule has 0 radical (unpaired) electrons. The molecule has 1 aliphatic rings. The van der Waals surface area contributed by atoms with Gasteiger partial charge in [0.25, 0.3) is 0 Å². The van der Waals surface area contributed by atoms with E-state index in [4.69, 9.17) is 4.74 Å². The first kappa shape index (κ1) is 11.4. The third-order valence-electron chi connectivity index (χ3n) is 3.02. The topological polar surface area (TPSA) is 49.7 Å². The molecule has 0 aromatic heterocycles. The highest BCUT2D eigenvalue weighted by Gasteiger charge is 2.36.